The summed E-state index contributed by atoms with van der Waals surface area (Å²) < 4.78 is 12.9. The highest BCUT2D eigenvalue weighted by Crippen LogP contribution is 2.68. The Bertz CT molecular complexity index is 877. The first kappa shape index (κ1) is 29.4. The Morgan fingerprint density at radius 1 is 1.03 bits per heavy atom. The van der Waals surface area contributed by atoms with Crippen LogP contribution in [-0.2, 0) is 21.1 Å². The molecule has 1 aliphatic rings. The summed E-state index contributed by atoms with van der Waals surface area (Å²) in [5.74, 6) is 1.57. The Hall–Kier alpha value is -1.81. The van der Waals surface area contributed by atoms with E-state index in [0.29, 0.717) is 12.5 Å². The van der Waals surface area contributed by atoms with E-state index in [0.717, 1.165) is 18.8 Å². The second-order valence-electron chi connectivity index (χ2n) is 10.5. The molecule has 0 amide bonds. The molecule has 3 heteroatoms. The third-order valence-electron chi connectivity index (χ3n) is 6.50. The molecule has 3 unspecified atom stereocenters. The molecule has 0 N–H and O–H groups in total. The Kier molecular flexibility index (Phi) is 12.3. The van der Waals surface area contributed by atoms with Gasteiger partial charge in [-0.2, -0.15) is 0 Å². The van der Waals surface area contributed by atoms with Gasteiger partial charge in [-0.25, -0.2) is 0 Å². The predicted octanol–water partition coefficient (Wildman–Crippen LogP) is 9.27. The monoisotopic (exact) mass is 496 g/mol. The summed E-state index contributed by atoms with van der Waals surface area (Å²) in [5, 5.41) is 0. The standard InChI is InChI=1S/C23H36O2S.C9H12/c1-7-22(8-2)26(23(4,5)6,18-20-12-10-9-11-13-20)25-17-21-15-14-19(3)16-24-21;1-2-6-9-7-4-3-5-8-9/h7-13,19,21H,1,14-18H2,2-6H3;3-5,7-8H,2,6H2,1H3/b22-8+;. The van der Waals surface area contributed by atoms with Gasteiger partial charge in [0.05, 0.1) is 12.7 Å². The third-order valence-corrected chi connectivity index (χ3v) is 10.9. The van der Waals surface area contributed by atoms with E-state index in [-0.39, 0.29) is 10.9 Å². The van der Waals surface area contributed by atoms with E-state index in [2.05, 4.69) is 115 Å². The van der Waals surface area contributed by atoms with Gasteiger partial charge in [-0.3, -0.25) is 0 Å². The fraction of sp³-hybridized carbons (Fsp3) is 0.500. The lowest BCUT2D eigenvalue weighted by Crippen LogP contribution is -2.34. The van der Waals surface area contributed by atoms with Gasteiger partial charge in [0, 0.05) is 22.0 Å². The topological polar surface area (TPSA) is 18.5 Å². The lowest BCUT2D eigenvalue weighted by molar-refractivity contribution is -0.0314. The fourth-order valence-corrected chi connectivity index (χ4v) is 7.96. The van der Waals surface area contributed by atoms with Crippen LogP contribution in [0.25, 0.3) is 0 Å². The minimum absolute atomic E-state index is 0.000827. The molecule has 0 aromatic heterocycles. The lowest BCUT2D eigenvalue weighted by atomic mass is 10.0. The number of ether oxygens (including phenoxy) is 1. The van der Waals surface area contributed by atoms with Crippen molar-refractivity contribution in [1.29, 1.82) is 0 Å². The molecule has 35 heavy (non-hydrogen) atoms. The van der Waals surface area contributed by atoms with E-state index in [1.54, 1.807) is 0 Å². The maximum atomic E-state index is 6.84. The van der Waals surface area contributed by atoms with Crippen molar-refractivity contribution in [3.05, 3.63) is 95.4 Å². The van der Waals surface area contributed by atoms with Gasteiger partial charge in [0.15, 0.2) is 0 Å². The van der Waals surface area contributed by atoms with Gasteiger partial charge in [0.2, 0.25) is 0 Å². The SMILES string of the molecule is C=C/C(=C\C)S(Cc1ccccc1)(OCC1CCC(C)CO1)C(C)(C)C.CCCc1ccccc1. The van der Waals surface area contributed by atoms with Crippen LogP contribution in [0.4, 0.5) is 0 Å². The predicted molar refractivity (Wildman–Crippen MR) is 156 cm³/mol. The quantitative estimate of drug-likeness (QED) is 0.322. The van der Waals surface area contributed by atoms with Crippen LogP contribution in [0.15, 0.2) is 84.3 Å². The first-order chi connectivity index (χ1) is 16.8. The van der Waals surface area contributed by atoms with Crippen LogP contribution in [-0.4, -0.2) is 24.1 Å². The van der Waals surface area contributed by atoms with Gasteiger partial charge in [0.1, 0.15) is 0 Å². The maximum absolute atomic E-state index is 6.84. The summed E-state index contributed by atoms with van der Waals surface area (Å²) in [6, 6.07) is 21.3. The summed E-state index contributed by atoms with van der Waals surface area (Å²) in [4.78, 5) is 1.23. The van der Waals surface area contributed by atoms with Crippen LogP contribution in [0.5, 0.6) is 0 Å². The van der Waals surface area contributed by atoms with Gasteiger partial charge in [-0.15, -0.1) is 0 Å². The van der Waals surface area contributed by atoms with Crippen LogP contribution in [0.1, 0.15) is 71.9 Å². The van der Waals surface area contributed by atoms with Crippen LogP contribution in [0.3, 0.4) is 0 Å². The van der Waals surface area contributed by atoms with Crippen molar-refractivity contribution in [1.82, 2.24) is 0 Å². The highest BCUT2D eigenvalue weighted by Gasteiger charge is 2.41. The molecular formula is C32H48O2S. The Labute approximate surface area is 217 Å². The van der Waals surface area contributed by atoms with Crippen molar-refractivity contribution in [2.45, 2.75) is 83.8 Å². The number of hydrogen-bond acceptors (Lipinski definition) is 2. The third kappa shape index (κ3) is 8.97. The Morgan fingerprint density at radius 3 is 2.09 bits per heavy atom. The molecule has 1 aliphatic heterocycles. The molecule has 2 aromatic rings. The van der Waals surface area contributed by atoms with Gasteiger partial charge < -0.3 is 8.92 Å². The number of aryl methyl sites for hydroxylation is 1. The molecule has 0 saturated carbocycles. The number of rotatable bonds is 9. The van der Waals surface area contributed by atoms with E-state index in [1.165, 1.54) is 35.3 Å². The molecule has 1 saturated heterocycles. The smallest absolute Gasteiger partial charge is 0.0859 e. The molecular weight excluding hydrogens is 448 g/mol. The molecule has 2 nitrogen and oxygen atoms in total. The molecule has 2 aromatic carbocycles. The normalized spacial score (nSPS) is 21.3. The van der Waals surface area contributed by atoms with Crippen molar-refractivity contribution >= 4 is 10.3 Å². The van der Waals surface area contributed by atoms with Crippen molar-refractivity contribution < 1.29 is 8.92 Å². The first-order valence-corrected chi connectivity index (χ1v) is 14.9. The molecule has 1 heterocycles. The zero-order valence-electron chi connectivity index (χ0n) is 23.0. The van der Waals surface area contributed by atoms with E-state index >= 15 is 0 Å². The highest BCUT2D eigenvalue weighted by molar-refractivity contribution is 8.33. The average Bonchev–Trinajstić information content (AvgIpc) is 2.85. The summed E-state index contributed by atoms with van der Waals surface area (Å²) in [6.07, 6.45) is 9.14. The van der Waals surface area contributed by atoms with Crippen molar-refractivity contribution in [3.8, 4) is 0 Å². The van der Waals surface area contributed by atoms with Crippen LogP contribution < -0.4 is 0 Å². The molecule has 3 atom stereocenters. The molecule has 1 fully saturated rings. The minimum Gasteiger partial charge on any atom is -0.375 e. The number of hydrogen-bond donors (Lipinski definition) is 0. The van der Waals surface area contributed by atoms with Crippen molar-refractivity contribution in [2.75, 3.05) is 13.2 Å². The van der Waals surface area contributed by atoms with E-state index in [1.807, 2.05) is 6.08 Å². The second-order valence-corrected chi connectivity index (χ2v) is 14.0. The molecule has 0 spiro atoms. The zero-order valence-corrected chi connectivity index (χ0v) is 23.8. The van der Waals surface area contributed by atoms with Crippen molar-refractivity contribution in [2.24, 2.45) is 5.92 Å². The van der Waals surface area contributed by atoms with Crippen LogP contribution in [0.2, 0.25) is 0 Å². The summed E-state index contributed by atoms with van der Waals surface area (Å²) in [5.41, 5.74) is 2.76. The van der Waals surface area contributed by atoms with Crippen LogP contribution in [0, 0.1) is 5.92 Å². The van der Waals surface area contributed by atoms with Crippen molar-refractivity contribution in [3.63, 3.8) is 0 Å². The van der Waals surface area contributed by atoms with Gasteiger partial charge >= 0.3 is 0 Å². The van der Waals surface area contributed by atoms with E-state index < -0.39 is 10.3 Å². The lowest BCUT2D eigenvalue weighted by Gasteiger charge is -2.51. The Morgan fingerprint density at radius 2 is 1.63 bits per heavy atom. The van der Waals surface area contributed by atoms with E-state index in [9.17, 15) is 0 Å². The largest absolute Gasteiger partial charge is 0.375 e. The minimum atomic E-state index is -1.56. The molecule has 0 aliphatic carbocycles. The molecule has 0 radical (unpaired) electrons. The molecule has 3 rings (SSSR count). The first-order valence-electron chi connectivity index (χ1n) is 13.2. The number of benzene rings is 2. The van der Waals surface area contributed by atoms with Crippen LogP contribution >= 0.6 is 10.3 Å². The summed E-state index contributed by atoms with van der Waals surface area (Å²) >= 11 is 0. The zero-order chi connectivity index (χ0) is 25.7. The van der Waals surface area contributed by atoms with Gasteiger partial charge in [-0.1, -0.05) is 131 Å². The molecule has 194 valence electrons. The average molecular weight is 497 g/mol. The maximum Gasteiger partial charge on any atom is 0.0859 e. The van der Waals surface area contributed by atoms with Gasteiger partial charge in [0.25, 0.3) is 0 Å². The molecule has 0 bridgehead atoms. The summed E-state index contributed by atoms with van der Waals surface area (Å²) in [7, 11) is -1.56. The number of allylic oxidation sites excluding steroid dienone is 2. The highest BCUT2D eigenvalue weighted by atomic mass is 32.3. The van der Waals surface area contributed by atoms with Gasteiger partial charge in [-0.05, 0) is 43.2 Å². The Balaban J connectivity index is 0.000000402. The fourth-order valence-electron chi connectivity index (χ4n) is 4.39. The van der Waals surface area contributed by atoms with E-state index in [4.69, 9.17) is 8.92 Å². The summed E-state index contributed by atoms with van der Waals surface area (Å²) in [6.45, 7) is 19.0. The second kappa shape index (κ2) is 14.7.